The van der Waals surface area contributed by atoms with Crippen molar-refractivity contribution in [2.45, 2.75) is 31.5 Å². The van der Waals surface area contributed by atoms with Gasteiger partial charge in [0.2, 0.25) is 0 Å². The molecule has 30 heavy (non-hydrogen) atoms. The van der Waals surface area contributed by atoms with Gasteiger partial charge in [-0.15, -0.1) is 0 Å². The predicted molar refractivity (Wildman–Crippen MR) is 107 cm³/mol. The average molecular weight is 448 g/mol. The lowest BCUT2D eigenvalue weighted by Gasteiger charge is -2.30. The zero-order valence-electron chi connectivity index (χ0n) is 16.5. The fraction of sp³-hybridized carbons (Fsp3) is 0.526. The van der Waals surface area contributed by atoms with Gasteiger partial charge in [-0.05, 0) is 24.6 Å². The molecule has 2 aromatic rings. The molecule has 1 saturated heterocycles. The van der Waals surface area contributed by atoms with Gasteiger partial charge in [-0.3, -0.25) is 14.9 Å². The highest BCUT2D eigenvalue weighted by molar-refractivity contribution is 6.31. The fourth-order valence-electron chi connectivity index (χ4n) is 3.51. The van der Waals surface area contributed by atoms with Crippen molar-refractivity contribution in [2.24, 2.45) is 0 Å². The van der Waals surface area contributed by atoms with Gasteiger partial charge < -0.3 is 15.6 Å². The van der Waals surface area contributed by atoms with E-state index in [1.54, 1.807) is 30.2 Å². The van der Waals surface area contributed by atoms with Crippen LogP contribution < -0.4 is 5.73 Å². The summed E-state index contributed by atoms with van der Waals surface area (Å²) in [6.45, 7) is 2.74. The molecule has 0 aliphatic carbocycles. The Bertz CT molecular complexity index is 828. The highest BCUT2D eigenvalue weighted by Crippen LogP contribution is 2.31. The van der Waals surface area contributed by atoms with Crippen LogP contribution in [0, 0.1) is 0 Å². The number of rotatable bonds is 8. The third kappa shape index (κ3) is 5.44. The van der Waals surface area contributed by atoms with E-state index in [-0.39, 0.29) is 18.3 Å². The Morgan fingerprint density at radius 3 is 2.83 bits per heavy atom. The van der Waals surface area contributed by atoms with Crippen molar-refractivity contribution in [3.8, 4) is 0 Å². The van der Waals surface area contributed by atoms with Crippen molar-refractivity contribution in [2.75, 3.05) is 39.0 Å². The summed E-state index contributed by atoms with van der Waals surface area (Å²) in [6, 6.07) is 5.89. The molecule has 0 spiro atoms. The highest BCUT2D eigenvalue weighted by Gasteiger charge is 2.35. The maximum absolute atomic E-state index is 12.9. The van der Waals surface area contributed by atoms with E-state index in [1.165, 1.54) is 0 Å². The van der Waals surface area contributed by atoms with Crippen LogP contribution in [0.15, 0.2) is 24.3 Å². The molecule has 2 heterocycles. The molecule has 1 fully saturated rings. The summed E-state index contributed by atoms with van der Waals surface area (Å²) < 4.78 is 44.1. The lowest BCUT2D eigenvalue weighted by Crippen LogP contribution is -2.37. The number of nitrogens with zero attached hydrogens (tertiary/aromatic N) is 3. The van der Waals surface area contributed by atoms with Crippen molar-refractivity contribution in [1.29, 1.82) is 0 Å². The summed E-state index contributed by atoms with van der Waals surface area (Å²) in [5, 5.41) is 16.8. The number of halogens is 4. The number of ether oxygens (including phenoxy) is 1. The number of hydrogen-bond donors (Lipinski definition) is 3. The molecule has 11 heteroatoms. The van der Waals surface area contributed by atoms with Crippen molar-refractivity contribution in [3.05, 3.63) is 46.2 Å². The summed E-state index contributed by atoms with van der Waals surface area (Å²) in [5.74, 6) is 0. The number of benzene rings is 1. The summed E-state index contributed by atoms with van der Waals surface area (Å²) >= 11 is 6.27. The molecule has 2 unspecified atom stereocenters. The molecule has 3 rings (SSSR count). The number of likely N-dealkylation sites (tertiary alicyclic amines) is 1. The standard InChI is InChI=1S/C19H25ClF3N5O2/c1-30-12-5-6-27(10-12)7-8-28(11-13-14(20)3-2-4-15(13)24)18(29)16-9-17(26-25-16)19(21,22)23/h2-4,9,12,18,29H,5-8,10-11,24H2,1H3,(H,25,26). The number of nitrogens with two attached hydrogens (primary N) is 1. The number of alkyl halides is 3. The Balaban J connectivity index is 1.78. The van der Waals surface area contributed by atoms with E-state index in [1.807, 2.05) is 0 Å². The molecule has 1 aliphatic heterocycles. The van der Waals surface area contributed by atoms with E-state index in [4.69, 9.17) is 22.1 Å². The van der Waals surface area contributed by atoms with E-state index in [0.29, 0.717) is 29.4 Å². The van der Waals surface area contributed by atoms with E-state index in [2.05, 4.69) is 15.1 Å². The second-order valence-electron chi connectivity index (χ2n) is 7.31. The number of nitrogen functional groups attached to an aromatic ring is 1. The topological polar surface area (TPSA) is 90.6 Å². The number of hydrogen-bond acceptors (Lipinski definition) is 6. The monoisotopic (exact) mass is 447 g/mol. The van der Waals surface area contributed by atoms with Crippen LogP contribution in [0.2, 0.25) is 5.02 Å². The number of aliphatic hydroxyl groups excluding tert-OH is 1. The number of aromatic amines is 1. The summed E-state index contributed by atoms with van der Waals surface area (Å²) in [5.41, 5.74) is 5.94. The van der Waals surface area contributed by atoms with Crippen LogP contribution in [-0.4, -0.2) is 64.5 Å². The largest absolute Gasteiger partial charge is 0.435 e. The summed E-state index contributed by atoms with van der Waals surface area (Å²) in [7, 11) is 1.67. The quantitative estimate of drug-likeness (QED) is 0.426. The smallest absolute Gasteiger partial charge is 0.398 e. The van der Waals surface area contributed by atoms with Gasteiger partial charge in [-0.1, -0.05) is 17.7 Å². The number of nitrogens with one attached hydrogen (secondary N) is 1. The summed E-state index contributed by atoms with van der Waals surface area (Å²) in [4.78, 5) is 3.79. The minimum Gasteiger partial charge on any atom is -0.398 e. The molecule has 2 atom stereocenters. The molecule has 1 aliphatic rings. The van der Waals surface area contributed by atoms with Crippen LogP contribution in [-0.2, 0) is 17.5 Å². The van der Waals surface area contributed by atoms with Crippen LogP contribution in [0.5, 0.6) is 0 Å². The van der Waals surface area contributed by atoms with Gasteiger partial charge in [0.25, 0.3) is 0 Å². The third-order valence-corrected chi connectivity index (χ3v) is 5.65. The number of anilines is 1. The number of H-pyrrole nitrogens is 1. The van der Waals surface area contributed by atoms with Gasteiger partial charge in [-0.25, -0.2) is 0 Å². The van der Waals surface area contributed by atoms with Crippen molar-refractivity contribution < 1.29 is 23.0 Å². The van der Waals surface area contributed by atoms with Gasteiger partial charge in [0, 0.05) is 56.1 Å². The van der Waals surface area contributed by atoms with Gasteiger partial charge in [0.05, 0.1) is 11.8 Å². The van der Waals surface area contributed by atoms with Crippen LogP contribution in [0.1, 0.15) is 29.6 Å². The first-order chi connectivity index (χ1) is 14.2. The molecule has 1 aromatic carbocycles. The average Bonchev–Trinajstić information content (AvgIpc) is 3.36. The minimum absolute atomic E-state index is 0.0517. The summed E-state index contributed by atoms with van der Waals surface area (Å²) in [6.07, 6.45) is -4.88. The maximum Gasteiger partial charge on any atom is 0.435 e. The maximum atomic E-state index is 12.9. The number of aliphatic hydroxyl groups is 1. The van der Waals surface area contributed by atoms with E-state index >= 15 is 0 Å². The SMILES string of the molecule is COC1CCN(CCN(Cc2c(N)cccc2Cl)C(O)c2cc(C(F)(F)F)n[nH]2)C1. The molecule has 0 bridgehead atoms. The molecule has 1 aromatic heterocycles. The first-order valence-corrected chi connectivity index (χ1v) is 9.89. The van der Waals surface area contributed by atoms with E-state index in [0.717, 1.165) is 25.6 Å². The van der Waals surface area contributed by atoms with Crippen molar-refractivity contribution in [3.63, 3.8) is 0 Å². The lowest BCUT2D eigenvalue weighted by molar-refractivity contribution is -0.141. The Labute approximate surface area is 177 Å². The Kier molecular flexibility index (Phi) is 7.25. The van der Waals surface area contributed by atoms with Crippen LogP contribution >= 0.6 is 11.6 Å². The second-order valence-corrected chi connectivity index (χ2v) is 7.71. The molecule has 166 valence electrons. The Hall–Kier alpha value is -1.85. The Morgan fingerprint density at radius 2 is 2.23 bits per heavy atom. The first-order valence-electron chi connectivity index (χ1n) is 9.51. The second kappa shape index (κ2) is 9.52. The number of aromatic nitrogens is 2. The molecule has 7 nitrogen and oxygen atoms in total. The van der Waals surface area contributed by atoms with Gasteiger partial charge in [-0.2, -0.15) is 18.3 Å². The van der Waals surface area contributed by atoms with Gasteiger partial charge in [0.15, 0.2) is 5.69 Å². The van der Waals surface area contributed by atoms with Gasteiger partial charge >= 0.3 is 6.18 Å². The van der Waals surface area contributed by atoms with Gasteiger partial charge in [0.1, 0.15) is 6.23 Å². The zero-order valence-corrected chi connectivity index (χ0v) is 17.2. The van der Waals surface area contributed by atoms with Crippen molar-refractivity contribution in [1.82, 2.24) is 20.0 Å². The minimum atomic E-state index is -4.60. The van der Waals surface area contributed by atoms with Crippen LogP contribution in [0.4, 0.5) is 18.9 Å². The van der Waals surface area contributed by atoms with E-state index in [9.17, 15) is 18.3 Å². The predicted octanol–water partition coefficient (Wildman–Crippen LogP) is 2.88. The van der Waals surface area contributed by atoms with Crippen LogP contribution in [0.25, 0.3) is 0 Å². The highest BCUT2D eigenvalue weighted by atomic mass is 35.5. The molecular weight excluding hydrogens is 423 g/mol. The third-order valence-electron chi connectivity index (χ3n) is 5.29. The zero-order chi connectivity index (χ0) is 21.9. The van der Waals surface area contributed by atoms with E-state index < -0.39 is 18.1 Å². The Morgan fingerprint density at radius 1 is 1.47 bits per heavy atom. The molecule has 0 radical (unpaired) electrons. The normalized spacial score (nSPS) is 19.0. The first kappa shape index (κ1) is 22.8. The molecular formula is C19H25ClF3N5O2. The van der Waals surface area contributed by atoms with Crippen LogP contribution in [0.3, 0.4) is 0 Å². The lowest BCUT2D eigenvalue weighted by atomic mass is 10.1. The molecule has 0 saturated carbocycles. The number of methoxy groups -OCH3 is 1. The van der Waals surface area contributed by atoms with Crippen molar-refractivity contribution >= 4 is 17.3 Å². The molecule has 0 amide bonds. The molecule has 4 N–H and O–H groups in total. The fourth-order valence-corrected chi connectivity index (χ4v) is 3.75.